The van der Waals surface area contributed by atoms with E-state index in [1.54, 1.807) is 0 Å². The molecule has 2 saturated carbocycles. The maximum absolute atomic E-state index is 12.2. The second-order valence-corrected chi connectivity index (χ2v) is 11.2. The summed E-state index contributed by atoms with van der Waals surface area (Å²) in [5.74, 6) is 1.46. The maximum atomic E-state index is 12.2. The van der Waals surface area contributed by atoms with E-state index in [9.17, 15) is 4.79 Å². The minimum Gasteiger partial charge on any atom is -0.353 e. The number of fused-ring (bicyclic) bond motifs is 1. The van der Waals surface area contributed by atoms with Gasteiger partial charge in [0.25, 0.3) is 0 Å². The van der Waals surface area contributed by atoms with Crippen molar-refractivity contribution in [1.82, 2.24) is 0 Å². The molecule has 4 aliphatic rings. The second-order valence-electron chi connectivity index (χ2n) is 11.2. The molecule has 4 rings (SSSR count). The number of hydrogen-bond donors (Lipinski definition) is 0. The zero-order valence-electron chi connectivity index (χ0n) is 20.7. The smallest absolute Gasteiger partial charge is 0.158 e. The summed E-state index contributed by atoms with van der Waals surface area (Å²) in [5, 5.41) is 0. The normalized spacial score (nSPS) is 36.2. The van der Waals surface area contributed by atoms with E-state index in [2.05, 4.69) is 32.6 Å². The molecule has 7 atom stereocenters. The van der Waals surface area contributed by atoms with Gasteiger partial charge in [0.05, 0.1) is 12.2 Å². The van der Waals surface area contributed by atoms with E-state index in [4.69, 9.17) is 18.9 Å². The van der Waals surface area contributed by atoms with E-state index in [1.807, 2.05) is 6.08 Å². The average Bonchev–Trinajstić information content (AvgIpc) is 3.32. The Morgan fingerprint density at radius 1 is 1.09 bits per heavy atom. The van der Waals surface area contributed by atoms with Gasteiger partial charge in [-0.15, -0.1) is 6.58 Å². The Kier molecular flexibility index (Phi) is 8.83. The lowest BCUT2D eigenvalue weighted by molar-refractivity contribution is -0.198. The molecule has 7 unspecified atom stereocenters. The molecular formula is C28H44O5. The Morgan fingerprint density at radius 2 is 1.82 bits per heavy atom. The van der Waals surface area contributed by atoms with Crippen molar-refractivity contribution in [3.63, 3.8) is 0 Å². The molecular weight excluding hydrogens is 416 g/mol. The first-order chi connectivity index (χ1) is 16.0. The molecule has 5 nitrogen and oxygen atoms in total. The number of ketones is 1. The first kappa shape index (κ1) is 25.1. The minimum absolute atomic E-state index is 0.0438. The summed E-state index contributed by atoms with van der Waals surface area (Å²) in [6.45, 7) is 10.0. The van der Waals surface area contributed by atoms with Crippen LogP contribution in [0.1, 0.15) is 84.5 Å². The predicted molar refractivity (Wildman–Crippen MR) is 129 cm³/mol. The van der Waals surface area contributed by atoms with Crippen LogP contribution in [0.15, 0.2) is 24.8 Å². The lowest BCUT2D eigenvalue weighted by Gasteiger charge is -2.36. The highest BCUT2D eigenvalue weighted by Gasteiger charge is 2.48. The molecule has 0 radical (unpaired) electrons. The molecule has 0 aromatic heterocycles. The number of ether oxygens (including phenoxy) is 4. The van der Waals surface area contributed by atoms with Gasteiger partial charge < -0.3 is 18.9 Å². The van der Waals surface area contributed by atoms with Crippen LogP contribution in [-0.4, -0.2) is 43.8 Å². The van der Waals surface area contributed by atoms with E-state index >= 15 is 0 Å². The van der Waals surface area contributed by atoms with Crippen LogP contribution in [0, 0.1) is 23.2 Å². The number of allylic oxidation sites excluding steroid dienone is 1. The van der Waals surface area contributed by atoms with Gasteiger partial charge >= 0.3 is 0 Å². The Labute approximate surface area is 200 Å². The predicted octanol–water partition coefficient (Wildman–Crippen LogP) is 5.97. The van der Waals surface area contributed by atoms with Crippen LogP contribution >= 0.6 is 0 Å². The number of hydrogen-bond acceptors (Lipinski definition) is 5. The molecule has 5 heteroatoms. The number of carbonyl (C=O) groups is 1. The van der Waals surface area contributed by atoms with Gasteiger partial charge in [-0.3, -0.25) is 4.79 Å². The van der Waals surface area contributed by atoms with E-state index in [0.29, 0.717) is 30.5 Å². The van der Waals surface area contributed by atoms with Gasteiger partial charge in [-0.2, -0.15) is 0 Å². The third kappa shape index (κ3) is 6.56. The fourth-order valence-corrected chi connectivity index (χ4v) is 6.14. The Bertz CT molecular complexity index is 674. The van der Waals surface area contributed by atoms with Crippen molar-refractivity contribution >= 4 is 5.78 Å². The maximum Gasteiger partial charge on any atom is 0.158 e. The number of carbonyl (C=O) groups excluding carboxylic acids is 1. The summed E-state index contributed by atoms with van der Waals surface area (Å²) in [5.41, 5.74) is -0.0438. The van der Waals surface area contributed by atoms with Crippen molar-refractivity contribution in [2.45, 2.75) is 109 Å². The lowest BCUT2D eigenvalue weighted by atomic mass is 9.80. The van der Waals surface area contributed by atoms with Crippen molar-refractivity contribution < 1.29 is 23.7 Å². The summed E-state index contributed by atoms with van der Waals surface area (Å²) in [7, 11) is 0. The quantitative estimate of drug-likeness (QED) is 0.376. The van der Waals surface area contributed by atoms with Crippen LogP contribution in [-0.2, 0) is 23.7 Å². The third-order valence-corrected chi connectivity index (χ3v) is 8.19. The van der Waals surface area contributed by atoms with Gasteiger partial charge in [0.15, 0.2) is 12.6 Å². The molecule has 33 heavy (non-hydrogen) atoms. The summed E-state index contributed by atoms with van der Waals surface area (Å²) < 4.78 is 24.9. The average molecular weight is 461 g/mol. The Hall–Kier alpha value is -1.01. The molecule has 0 aromatic rings. The standard InChI is InChI=1S/C28H44O5/c1-4-5-14-28(2,3)25(33-27-11-7-9-16-31-27)13-12-22-23-19-21(29)17-20(23)18-24(22)32-26-10-6-8-15-30-26/h4,12-13,20,22-27H,1,5-11,14-19H2,2-3H3/b13-12-. The van der Waals surface area contributed by atoms with Gasteiger partial charge in [0.1, 0.15) is 5.78 Å². The highest BCUT2D eigenvalue weighted by Crippen LogP contribution is 2.49. The molecule has 2 heterocycles. The summed E-state index contributed by atoms with van der Waals surface area (Å²) in [6, 6.07) is 0. The molecule has 0 amide bonds. The van der Waals surface area contributed by atoms with Gasteiger partial charge in [-0.05, 0) is 75.0 Å². The van der Waals surface area contributed by atoms with Crippen LogP contribution in [0.5, 0.6) is 0 Å². The van der Waals surface area contributed by atoms with Crippen molar-refractivity contribution in [1.29, 1.82) is 0 Å². The Morgan fingerprint density at radius 3 is 2.48 bits per heavy atom. The first-order valence-electron chi connectivity index (χ1n) is 13.3. The molecule has 2 aliphatic carbocycles. The van der Waals surface area contributed by atoms with Crippen molar-refractivity contribution in [3.8, 4) is 0 Å². The van der Waals surface area contributed by atoms with E-state index in [1.165, 1.54) is 0 Å². The van der Waals surface area contributed by atoms with Gasteiger partial charge in [-0.25, -0.2) is 0 Å². The van der Waals surface area contributed by atoms with Crippen molar-refractivity contribution in [2.24, 2.45) is 23.2 Å². The molecule has 0 bridgehead atoms. The van der Waals surface area contributed by atoms with Gasteiger partial charge in [0, 0.05) is 32.0 Å². The SMILES string of the molecule is C=CCCC(C)(C)C(/C=C\C1C(OC2CCCCO2)CC2CC(=O)CC21)OC1CCCCO1. The second kappa shape index (κ2) is 11.6. The summed E-state index contributed by atoms with van der Waals surface area (Å²) in [6.07, 6.45) is 17.2. The van der Waals surface area contributed by atoms with Crippen LogP contribution < -0.4 is 0 Å². The topological polar surface area (TPSA) is 54.0 Å². The largest absolute Gasteiger partial charge is 0.353 e. The zero-order chi connectivity index (χ0) is 23.3. The van der Waals surface area contributed by atoms with Crippen LogP contribution in [0.25, 0.3) is 0 Å². The van der Waals surface area contributed by atoms with Crippen LogP contribution in [0.4, 0.5) is 0 Å². The fourth-order valence-electron chi connectivity index (χ4n) is 6.14. The fraction of sp³-hybridized carbons (Fsp3) is 0.821. The highest BCUT2D eigenvalue weighted by molar-refractivity contribution is 5.81. The van der Waals surface area contributed by atoms with Crippen molar-refractivity contribution in [2.75, 3.05) is 13.2 Å². The van der Waals surface area contributed by atoms with Crippen LogP contribution in [0.2, 0.25) is 0 Å². The van der Waals surface area contributed by atoms with E-state index < -0.39 is 0 Å². The van der Waals surface area contributed by atoms with Gasteiger partial charge in [0.2, 0.25) is 0 Å². The molecule has 0 spiro atoms. The van der Waals surface area contributed by atoms with E-state index in [0.717, 1.165) is 71.0 Å². The highest BCUT2D eigenvalue weighted by atomic mass is 16.7. The van der Waals surface area contributed by atoms with Crippen molar-refractivity contribution in [3.05, 3.63) is 24.8 Å². The monoisotopic (exact) mass is 460 g/mol. The molecule has 4 fully saturated rings. The number of rotatable bonds is 10. The zero-order valence-corrected chi connectivity index (χ0v) is 20.7. The Balaban J connectivity index is 1.49. The van der Waals surface area contributed by atoms with Gasteiger partial charge in [-0.1, -0.05) is 32.1 Å². The van der Waals surface area contributed by atoms with Crippen LogP contribution in [0.3, 0.4) is 0 Å². The van der Waals surface area contributed by atoms with E-state index in [-0.39, 0.29) is 36.1 Å². The molecule has 186 valence electrons. The molecule has 0 aromatic carbocycles. The molecule has 0 N–H and O–H groups in total. The number of Topliss-reactive ketones (excluding diaryl/α,β-unsaturated/α-hetero) is 1. The first-order valence-corrected chi connectivity index (χ1v) is 13.3. The summed E-state index contributed by atoms with van der Waals surface area (Å²) in [4.78, 5) is 12.2. The third-order valence-electron chi connectivity index (χ3n) is 8.19. The lowest BCUT2D eigenvalue weighted by Crippen LogP contribution is -2.37. The molecule has 2 saturated heterocycles. The molecule has 2 aliphatic heterocycles. The summed E-state index contributed by atoms with van der Waals surface area (Å²) >= 11 is 0. The minimum atomic E-state index is -0.136.